The number of hydrogen-bond donors (Lipinski definition) is 2. The first-order valence-corrected chi connectivity index (χ1v) is 9.84. The predicted molar refractivity (Wildman–Crippen MR) is 124 cm³/mol. The van der Waals surface area contributed by atoms with Gasteiger partial charge in [-0.25, -0.2) is 5.48 Å². The van der Waals surface area contributed by atoms with Gasteiger partial charge in [-0.3, -0.25) is 14.4 Å². The quantitative estimate of drug-likeness (QED) is 0.426. The summed E-state index contributed by atoms with van der Waals surface area (Å²) in [5.74, 6) is -0.556. The molecule has 0 aliphatic carbocycles. The summed E-state index contributed by atoms with van der Waals surface area (Å²) < 4.78 is 0. The number of hydroxylamine groups is 1. The van der Waals surface area contributed by atoms with Crippen LogP contribution in [0.4, 0.5) is 11.4 Å². The molecular weight excluding hydrogens is 390 g/mol. The van der Waals surface area contributed by atoms with E-state index in [0.717, 1.165) is 22.5 Å². The number of benzene rings is 3. The molecule has 31 heavy (non-hydrogen) atoms. The Morgan fingerprint density at radius 2 is 1.58 bits per heavy atom. The summed E-state index contributed by atoms with van der Waals surface area (Å²) in [5.41, 5.74) is 6.46. The molecule has 6 nitrogen and oxygen atoms in total. The lowest BCUT2D eigenvalue weighted by molar-refractivity contribution is -0.111. The molecule has 3 aromatic carbocycles. The SMILES string of the molecule is CN(C)c1ccc(NC(=O)C=Cc2ccc(C(=O)NOCc3ccccc3)cc2)cc1. The summed E-state index contributed by atoms with van der Waals surface area (Å²) in [5, 5.41) is 2.82. The second-order valence-corrected chi connectivity index (χ2v) is 7.09. The van der Waals surface area contributed by atoms with Gasteiger partial charge in [-0.1, -0.05) is 42.5 Å². The van der Waals surface area contributed by atoms with E-state index in [9.17, 15) is 9.59 Å². The van der Waals surface area contributed by atoms with Gasteiger partial charge >= 0.3 is 0 Å². The molecule has 0 saturated heterocycles. The summed E-state index contributed by atoms with van der Waals surface area (Å²) in [6.45, 7) is 0.292. The van der Waals surface area contributed by atoms with Gasteiger partial charge in [-0.2, -0.15) is 0 Å². The number of amides is 2. The highest BCUT2D eigenvalue weighted by Crippen LogP contribution is 2.15. The second kappa shape index (κ2) is 10.8. The largest absolute Gasteiger partial charge is 0.378 e. The molecule has 0 spiro atoms. The van der Waals surface area contributed by atoms with Crippen LogP contribution in [0.5, 0.6) is 0 Å². The molecule has 6 heteroatoms. The number of rotatable bonds is 8. The standard InChI is InChI=1S/C25H25N3O3/c1-28(2)23-15-13-22(14-16-23)26-24(29)17-10-19-8-11-21(12-9-19)25(30)27-31-18-20-6-4-3-5-7-20/h3-17H,18H2,1-2H3,(H,26,29)(H,27,30). The van der Waals surface area contributed by atoms with Crippen molar-refractivity contribution in [3.8, 4) is 0 Å². The maximum Gasteiger partial charge on any atom is 0.274 e. The minimum absolute atomic E-state index is 0.228. The van der Waals surface area contributed by atoms with E-state index in [-0.39, 0.29) is 11.8 Å². The number of nitrogens with zero attached hydrogens (tertiary/aromatic N) is 1. The predicted octanol–water partition coefficient (Wildman–Crippen LogP) is 4.27. The molecule has 3 rings (SSSR count). The van der Waals surface area contributed by atoms with E-state index in [1.807, 2.05) is 73.6 Å². The van der Waals surface area contributed by atoms with E-state index in [2.05, 4.69) is 10.8 Å². The molecule has 0 aliphatic rings. The molecule has 158 valence electrons. The monoisotopic (exact) mass is 415 g/mol. The zero-order chi connectivity index (χ0) is 22.1. The number of carbonyl (C=O) groups is 2. The molecule has 3 aromatic rings. The van der Waals surface area contributed by atoms with Crippen molar-refractivity contribution in [2.75, 3.05) is 24.3 Å². The fourth-order valence-electron chi connectivity index (χ4n) is 2.76. The van der Waals surface area contributed by atoms with Gasteiger partial charge in [-0.15, -0.1) is 0 Å². The minimum Gasteiger partial charge on any atom is -0.378 e. The molecule has 0 aliphatic heterocycles. The van der Waals surface area contributed by atoms with Gasteiger partial charge in [-0.05, 0) is 53.6 Å². The lowest BCUT2D eigenvalue weighted by Gasteiger charge is -2.12. The van der Waals surface area contributed by atoms with Gasteiger partial charge in [0.1, 0.15) is 0 Å². The topological polar surface area (TPSA) is 70.7 Å². The van der Waals surface area contributed by atoms with Gasteiger partial charge in [0, 0.05) is 37.1 Å². The summed E-state index contributed by atoms with van der Waals surface area (Å²) in [6.07, 6.45) is 3.15. The first-order chi connectivity index (χ1) is 15.0. The molecule has 0 aromatic heterocycles. The van der Waals surface area contributed by atoms with E-state index < -0.39 is 0 Å². The second-order valence-electron chi connectivity index (χ2n) is 7.09. The highest BCUT2D eigenvalue weighted by atomic mass is 16.6. The van der Waals surface area contributed by atoms with E-state index >= 15 is 0 Å². The van der Waals surface area contributed by atoms with Gasteiger partial charge in [0.15, 0.2) is 0 Å². The molecule has 0 fully saturated rings. The van der Waals surface area contributed by atoms with Crippen molar-refractivity contribution in [2.45, 2.75) is 6.61 Å². The van der Waals surface area contributed by atoms with Crippen LogP contribution >= 0.6 is 0 Å². The zero-order valence-electron chi connectivity index (χ0n) is 17.5. The zero-order valence-corrected chi connectivity index (χ0v) is 17.5. The Bertz CT molecular complexity index is 1030. The van der Waals surface area contributed by atoms with Crippen molar-refractivity contribution < 1.29 is 14.4 Å². The van der Waals surface area contributed by atoms with E-state index in [1.54, 1.807) is 30.3 Å². The highest BCUT2D eigenvalue weighted by Gasteiger charge is 2.05. The van der Waals surface area contributed by atoms with E-state index in [4.69, 9.17) is 4.84 Å². The van der Waals surface area contributed by atoms with Crippen LogP contribution in [0.25, 0.3) is 6.08 Å². The molecule has 0 radical (unpaired) electrons. The number of nitrogens with one attached hydrogen (secondary N) is 2. The maximum atomic E-state index is 12.2. The van der Waals surface area contributed by atoms with Crippen molar-refractivity contribution in [1.29, 1.82) is 0 Å². The third kappa shape index (κ3) is 6.83. The van der Waals surface area contributed by atoms with Crippen molar-refractivity contribution >= 4 is 29.3 Å². The molecular formula is C25H25N3O3. The fraction of sp³-hybridized carbons (Fsp3) is 0.120. The third-order valence-corrected chi connectivity index (χ3v) is 4.50. The van der Waals surface area contributed by atoms with Gasteiger partial charge in [0.05, 0.1) is 6.61 Å². The van der Waals surface area contributed by atoms with Crippen LogP contribution in [0.15, 0.2) is 84.9 Å². The number of hydrogen-bond acceptors (Lipinski definition) is 4. The van der Waals surface area contributed by atoms with Crippen LogP contribution in [-0.2, 0) is 16.2 Å². The Morgan fingerprint density at radius 1 is 0.903 bits per heavy atom. The highest BCUT2D eigenvalue weighted by molar-refractivity contribution is 6.02. The Hall–Kier alpha value is -3.90. The van der Waals surface area contributed by atoms with E-state index in [0.29, 0.717) is 12.2 Å². The fourth-order valence-corrected chi connectivity index (χ4v) is 2.76. The van der Waals surface area contributed by atoms with Gasteiger partial charge < -0.3 is 10.2 Å². The summed E-state index contributed by atoms with van der Waals surface area (Å²) >= 11 is 0. The number of anilines is 2. The van der Waals surface area contributed by atoms with Gasteiger partial charge in [0.25, 0.3) is 5.91 Å². The summed E-state index contributed by atoms with van der Waals surface area (Å²) in [7, 11) is 3.92. The number of carbonyl (C=O) groups excluding carboxylic acids is 2. The minimum atomic E-state index is -0.328. The van der Waals surface area contributed by atoms with Crippen molar-refractivity contribution in [3.05, 3.63) is 102 Å². The van der Waals surface area contributed by atoms with Crippen LogP contribution in [0.2, 0.25) is 0 Å². The van der Waals surface area contributed by atoms with Crippen molar-refractivity contribution in [3.63, 3.8) is 0 Å². The Kier molecular flexibility index (Phi) is 7.56. The Balaban J connectivity index is 1.48. The molecule has 0 heterocycles. The van der Waals surface area contributed by atoms with Crippen molar-refractivity contribution in [1.82, 2.24) is 5.48 Å². The van der Waals surface area contributed by atoms with Crippen LogP contribution < -0.4 is 15.7 Å². The molecule has 0 atom stereocenters. The van der Waals surface area contributed by atoms with Crippen LogP contribution in [0.1, 0.15) is 21.5 Å². The summed E-state index contributed by atoms with van der Waals surface area (Å²) in [4.78, 5) is 31.5. The maximum absolute atomic E-state index is 12.2. The molecule has 2 N–H and O–H groups in total. The van der Waals surface area contributed by atoms with E-state index in [1.165, 1.54) is 6.08 Å². The molecule has 0 saturated carbocycles. The van der Waals surface area contributed by atoms with Crippen LogP contribution in [-0.4, -0.2) is 25.9 Å². The average molecular weight is 415 g/mol. The molecule has 0 unspecified atom stereocenters. The third-order valence-electron chi connectivity index (χ3n) is 4.50. The lowest BCUT2D eigenvalue weighted by Crippen LogP contribution is -2.23. The van der Waals surface area contributed by atoms with Gasteiger partial charge in [0.2, 0.25) is 5.91 Å². The first kappa shape index (κ1) is 21.8. The van der Waals surface area contributed by atoms with Crippen molar-refractivity contribution in [2.24, 2.45) is 0 Å². The normalized spacial score (nSPS) is 10.6. The van der Waals surface area contributed by atoms with Crippen LogP contribution in [0, 0.1) is 0 Å². The average Bonchev–Trinajstić information content (AvgIpc) is 2.79. The Labute approximate surface area is 182 Å². The Morgan fingerprint density at radius 3 is 2.23 bits per heavy atom. The summed E-state index contributed by atoms with van der Waals surface area (Å²) in [6, 6.07) is 24.1. The smallest absolute Gasteiger partial charge is 0.274 e. The van der Waals surface area contributed by atoms with Crippen LogP contribution in [0.3, 0.4) is 0 Å². The lowest BCUT2D eigenvalue weighted by atomic mass is 10.1. The molecule has 0 bridgehead atoms. The molecule has 2 amide bonds. The first-order valence-electron chi connectivity index (χ1n) is 9.84.